The number of hydrogen-bond donors (Lipinski definition) is 2. The lowest BCUT2D eigenvalue weighted by Gasteiger charge is -2.30. The predicted molar refractivity (Wildman–Crippen MR) is 103 cm³/mol. The van der Waals surface area contributed by atoms with Crippen molar-refractivity contribution in [2.24, 2.45) is 0 Å². The standard InChI is InChI=1S/C17H20N5O9P/c1-9(2)29-16(24)26-8-28-32(25)27-5-11-13(31-32)14(23)17(6-18,30-11)12-4-3-10-15(19)20-7-21-22(10)12/h3-4,7,9,11,13-14,23H,5,8H2,1-2H3,(H2,19,20,21)/t11-,13-,14-,17+,32+/m1/s1. The summed E-state index contributed by atoms with van der Waals surface area (Å²) >= 11 is 0. The van der Waals surface area contributed by atoms with Crippen LogP contribution in [0.3, 0.4) is 0 Å². The molecular weight excluding hydrogens is 449 g/mol. The fraction of sp³-hybridized carbons (Fsp3) is 0.529. The van der Waals surface area contributed by atoms with Crippen molar-refractivity contribution in [2.45, 2.75) is 43.9 Å². The molecule has 0 unspecified atom stereocenters. The molecule has 2 aromatic heterocycles. The van der Waals surface area contributed by atoms with Gasteiger partial charge in [-0.3, -0.25) is 9.05 Å². The van der Waals surface area contributed by atoms with E-state index in [9.17, 15) is 19.7 Å². The summed E-state index contributed by atoms with van der Waals surface area (Å²) in [6.45, 7) is 2.14. The zero-order valence-electron chi connectivity index (χ0n) is 17.0. The van der Waals surface area contributed by atoms with E-state index in [0.717, 1.165) is 0 Å². The third-order valence-electron chi connectivity index (χ3n) is 4.83. The Morgan fingerprint density at radius 1 is 1.53 bits per heavy atom. The number of anilines is 1. The number of ether oxygens (including phenoxy) is 3. The Morgan fingerprint density at radius 2 is 2.31 bits per heavy atom. The second kappa shape index (κ2) is 8.28. The molecule has 0 radical (unpaired) electrons. The van der Waals surface area contributed by atoms with Gasteiger partial charge in [-0.25, -0.2) is 23.4 Å². The fourth-order valence-electron chi connectivity index (χ4n) is 3.44. The minimum atomic E-state index is -4.25. The van der Waals surface area contributed by atoms with E-state index >= 15 is 0 Å². The van der Waals surface area contributed by atoms with Crippen LogP contribution >= 0.6 is 7.82 Å². The van der Waals surface area contributed by atoms with Crippen LogP contribution in [0.1, 0.15) is 19.5 Å². The lowest BCUT2D eigenvalue weighted by atomic mass is 9.92. The Kier molecular flexibility index (Phi) is 5.80. The van der Waals surface area contributed by atoms with Crippen LogP contribution in [0.15, 0.2) is 18.5 Å². The number of carbonyl (C=O) groups excluding carboxylic acids is 1. The number of nitrogen functional groups attached to an aromatic ring is 1. The topological polar surface area (TPSA) is 190 Å². The minimum absolute atomic E-state index is 0.165. The molecule has 4 heterocycles. The highest BCUT2D eigenvalue weighted by Crippen LogP contribution is 2.58. The Balaban J connectivity index is 1.52. The maximum atomic E-state index is 12.8. The Morgan fingerprint density at radius 3 is 3.03 bits per heavy atom. The lowest BCUT2D eigenvalue weighted by Crippen LogP contribution is -2.43. The molecule has 2 aromatic rings. The van der Waals surface area contributed by atoms with Crippen molar-refractivity contribution in [1.29, 1.82) is 5.26 Å². The molecule has 0 bridgehead atoms. The summed E-state index contributed by atoms with van der Waals surface area (Å²) < 4.78 is 44.8. The number of rotatable bonds is 5. The second-order valence-electron chi connectivity index (χ2n) is 7.23. The number of aromatic nitrogens is 3. The summed E-state index contributed by atoms with van der Waals surface area (Å²) in [5.74, 6) is 0.165. The van der Waals surface area contributed by atoms with Crippen molar-refractivity contribution < 1.29 is 42.2 Å². The van der Waals surface area contributed by atoms with Gasteiger partial charge in [-0.15, -0.1) is 0 Å². The Bertz CT molecular complexity index is 1120. The van der Waals surface area contributed by atoms with Gasteiger partial charge in [-0.2, -0.15) is 10.4 Å². The van der Waals surface area contributed by atoms with Crippen LogP contribution in [0.2, 0.25) is 0 Å². The maximum Gasteiger partial charge on any atom is 0.510 e. The molecule has 0 spiro atoms. The molecule has 2 fully saturated rings. The minimum Gasteiger partial charge on any atom is -0.432 e. The van der Waals surface area contributed by atoms with Crippen LogP contribution in [0.4, 0.5) is 10.6 Å². The average Bonchev–Trinajstić information content (AvgIpc) is 3.28. The monoisotopic (exact) mass is 469 g/mol. The molecule has 15 heteroatoms. The van der Waals surface area contributed by atoms with Gasteiger partial charge < -0.3 is 25.1 Å². The Labute approximate surface area is 181 Å². The summed E-state index contributed by atoms with van der Waals surface area (Å²) in [4.78, 5) is 15.3. The van der Waals surface area contributed by atoms with Crippen LogP contribution in [0, 0.1) is 11.3 Å². The number of nitriles is 1. The highest BCUT2D eigenvalue weighted by atomic mass is 31.2. The maximum absolute atomic E-state index is 12.8. The molecular formula is C17H20N5O9P. The zero-order chi connectivity index (χ0) is 23.1. The quantitative estimate of drug-likeness (QED) is 0.356. The van der Waals surface area contributed by atoms with Crippen LogP contribution in [0.25, 0.3) is 5.52 Å². The van der Waals surface area contributed by atoms with Gasteiger partial charge in [0.05, 0.1) is 18.4 Å². The van der Waals surface area contributed by atoms with Crippen molar-refractivity contribution in [3.63, 3.8) is 0 Å². The number of phosphoric ester groups is 1. The zero-order valence-corrected chi connectivity index (χ0v) is 17.9. The SMILES string of the molecule is CC(C)OC(=O)OCO[P@]1(=O)OC[C@H]2O[C@@](C#N)(c3ccc4c(N)ncnn34)[C@H](O)[C@@H]2O1. The molecule has 0 aliphatic carbocycles. The van der Waals surface area contributed by atoms with Gasteiger partial charge in [-0.1, -0.05) is 0 Å². The van der Waals surface area contributed by atoms with Gasteiger partial charge in [0, 0.05) is 0 Å². The van der Waals surface area contributed by atoms with Gasteiger partial charge in [0.25, 0.3) is 0 Å². The number of nitrogens with two attached hydrogens (primary N) is 1. The first-order chi connectivity index (χ1) is 15.2. The van der Waals surface area contributed by atoms with E-state index < -0.39 is 50.8 Å². The highest BCUT2D eigenvalue weighted by molar-refractivity contribution is 7.48. The van der Waals surface area contributed by atoms with Gasteiger partial charge in [0.1, 0.15) is 36.2 Å². The van der Waals surface area contributed by atoms with Crippen molar-refractivity contribution in [3.05, 3.63) is 24.2 Å². The summed E-state index contributed by atoms with van der Waals surface area (Å²) in [7, 11) is -4.25. The molecule has 0 saturated carbocycles. The molecule has 0 amide bonds. The van der Waals surface area contributed by atoms with E-state index in [1.807, 2.05) is 6.07 Å². The van der Waals surface area contributed by atoms with E-state index in [2.05, 4.69) is 14.8 Å². The third-order valence-corrected chi connectivity index (χ3v) is 6.22. The van der Waals surface area contributed by atoms with Crippen LogP contribution in [-0.4, -0.2) is 63.7 Å². The average molecular weight is 469 g/mol. The van der Waals surface area contributed by atoms with Crippen LogP contribution < -0.4 is 5.73 Å². The van der Waals surface area contributed by atoms with Crippen molar-refractivity contribution in [2.75, 3.05) is 19.1 Å². The van der Waals surface area contributed by atoms with Crippen molar-refractivity contribution in [3.8, 4) is 6.07 Å². The summed E-state index contributed by atoms with van der Waals surface area (Å²) in [5.41, 5.74) is 4.47. The van der Waals surface area contributed by atoms with E-state index in [1.54, 1.807) is 19.9 Å². The lowest BCUT2D eigenvalue weighted by molar-refractivity contribution is -0.0872. The number of aliphatic hydroxyl groups excluding tert-OH is 1. The first-order valence-electron chi connectivity index (χ1n) is 9.46. The smallest absolute Gasteiger partial charge is 0.432 e. The molecule has 4 rings (SSSR count). The summed E-state index contributed by atoms with van der Waals surface area (Å²) in [6, 6.07) is 5.03. The van der Waals surface area contributed by atoms with Crippen molar-refractivity contribution in [1.82, 2.24) is 14.6 Å². The molecule has 14 nitrogen and oxygen atoms in total. The number of fused-ring (bicyclic) bond motifs is 2. The molecule has 2 aliphatic rings. The van der Waals surface area contributed by atoms with Gasteiger partial charge in [0.15, 0.2) is 5.82 Å². The van der Waals surface area contributed by atoms with Gasteiger partial charge in [0.2, 0.25) is 12.4 Å². The normalized spacial score (nSPS) is 31.9. The largest absolute Gasteiger partial charge is 0.510 e. The van der Waals surface area contributed by atoms with Crippen LogP contribution in [0.5, 0.6) is 0 Å². The molecule has 0 aromatic carbocycles. The number of nitrogens with zero attached hydrogens (tertiary/aromatic N) is 4. The second-order valence-corrected chi connectivity index (χ2v) is 8.85. The molecule has 5 atom stereocenters. The summed E-state index contributed by atoms with van der Waals surface area (Å²) in [6.07, 6.45) is -4.06. The molecule has 2 aliphatic heterocycles. The number of aliphatic hydroxyl groups is 1. The summed E-state index contributed by atoms with van der Waals surface area (Å²) in [5, 5.41) is 25.0. The third kappa shape index (κ3) is 3.79. The number of hydrogen-bond acceptors (Lipinski definition) is 13. The molecule has 3 N–H and O–H groups in total. The predicted octanol–water partition coefficient (Wildman–Crippen LogP) is 0.849. The highest BCUT2D eigenvalue weighted by Gasteiger charge is 2.62. The Hall–Kier alpha value is -2.79. The number of phosphoric acid groups is 1. The van der Waals surface area contributed by atoms with E-state index in [0.29, 0.717) is 5.52 Å². The van der Waals surface area contributed by atoms with E-state index in [-0.39, 0.29) is 18.1 Å². The molecule has 2 saturated heterocycles. The van der Waals surface area contributed by atoms with Crippen molar-refractivity contribution >= 4 is 25.3 Å². The van der Waals surface area contributed by atoms with Gasteiger partial charge >= 0.3 is 14.0 Å². The van der Waals surface area contributed by atoms with Gasteiger partial charge in [-0.05, 0) is 26.0 Å². The molecule has 32 heavy (non-hydrogen) atoms. The number of carbonyl (C=O) groups is 1. The molecule has 172 valence electrons. The van der Waals surface area contributed by atoms with E-state index in [4.69, 9.17) is 28.8 Å². The first-order valence-corrected chi connectivity index (χ1v) is 10.9. The van der Waals surface area contributed by atoms with Crippen LogP contribution in [-0.2, 0) is 37.9 Å². The first kappa shape index (κ1) is 22.4. The fourth-order valence-corrected chi connectivity index (χ4v) is 4.69. The van der Waals surface area contributed by atoms with E-state index in [1.165, 1.54) is 16.9 Å².